The second kappa shape index (κ2) is 8.38. The first-order chi connectivity index (χ1) is 14.7. The van der Waals surface area contributed by atoms with Crippen LogP contribution in [0.25, 0.3) is 11.3 Å². The van der Waals surface area contributed by atoms with Crippen LogP contribution in [-0.4, -0.2) is 34.3 Å². The van der Waals surface area contributed by atoms with Gasteiger partial charge in [-0.3, -0.25) is 4.98 Å². The van der Waals surface area contributed by atoms with Gasteiger partial charge in [-0.2, -0.15) is 0 Å². The van der Waals surface area contributed by atoms with Gasteiger partial charge in [-0.25, -0.2) is 0 Å². The van der Waals surface area contributed by atoms with Crippen molar-refractivity contribution in [2.75, 3.05) is 13.2 Å². The van der Waals surface area contributed by atoms with E-state index in [9.17, 15) is 0 Å². The Hall–Kier alpha value is -2.41. The normalized spacial score (nSPS) is 23.7. The lowest BCUT2D eigenvalue weighted by Crippen LogP contribution is -2.36. The fraction of sp³-hybridized carbons (Fsp3) is 0.304. The Kier molecular flexibility index (Phi) is 5.46. The van der Waals surface area contributed by atoms with E-state index in [4.69, 9.17) is 33.0 Å². The SMILES string of the molecule is S=C1N[C@H](c2ccccn2)[C@H](c2ccc(-c3ccc(Cl)cc3)o2)N1C[C@@H]1CCCO1. The average molecular weight is 440 g/mol. The summed E-state index contributed by atoms with van der Waals surface area (Å²) in [4.78, 5) is 6.77. The molecule has 0 spiro atoms. The van der Waals surface area contributed by atoms with Crippen LogP contribution < -0.4 is 5.32 Å². The molecule has 30 heavy (non-hydrogen) atoms. The van der Waals surface area contributed by atoms with Crippen LogP contribution in [0, 0.1) is 0 Å². The maximum absolute atomic E-state index is 6.34. The van der Waals surface area contributed by atoms with Crippen molar-refractivity contribution in [2.45, 2.75) is 31.0 Å². The molecule has 1 aromatic carbocycles. The van der Waals surface area contributed by atoms with Gasteiger partial charge < -0.3 is 19.4 Å². The summed E-state index contributed by atoms with van der Waals surface area (Å²) in [5, 5.41) is 4.87. The summed E-state index contributed by atoms with van der Waals surface area (Å²) in [7, 11) is 0. The van der Waals surface area contributed by atoms with Crippen LogP contribution in [0.1, 0.15) is 36.4 Å². The molecular weight excluding hydrogens is 418 g/mol. The van der Waals surface area contributed by atoms with E-state index in [1.165, 1.54) is 0 Å². The number of pyridine rings is 1. The maximum Gasteiger partial charge on any atom is 0.170 e. The minimum Gasteiger partial charge on any atom is -0.459 e. The molecule has 0 saturated carbocycles. The molecular formula is C23H22ClN3O2S. The van der Waals surface area contributed by atoms with Gasteiger partial charge in [0.05, 0.1) is 17.8 Å². The van der Waals surface area contributed by atoms with Crippen molar-refractivity contribution in [3.05, 3.63) is 77.3 Å². The van der Waals surface area contributed by atoms with Gasteiger partial charge in [0.15, 0.2) is 5.11 Å². The van der Waals surface area contributed by atoms with E-state index < -0.39 is 0 Å². The van der Waals surface area contributed by atoms with Gasteiger partial charge in [0.25, 0.3) is 0 Å². The van der Waals surface area contributed by atoms with Gasteiger partial charge in [0.2, 0.25) is 0 Å². The topological polar surface area (TPSA) is 50.5 Å². The Morgan fingerprint density at radius 1 is 1.13 bits per heavy atom. The first kappa shape index (κ1) is 19.5. The number of furan rings is 1. The summed E-state index contributed by atoms with van der Waals surface area (Å²) < 4.78 is 12.2. The van der Waals surface area contributed by atoms with Crippen LogP contribution in [0.3, 0.4) is 0 Å². The van der Waals surface area contributed by atoms with Crippen LogP contribution in [0.2, 0.25) is 5.02 Å². The average Bonchev–Trinajstić information content (AvgIpc) is 3.51. The maximum atomic E-state index is 6.34. The number of aromatic nitrogens is 1. The zero-order valence-electron chi connectivity index (χ0n) is 16.3. The minimum atomic E-state index is -0.0994. The van der Waals surface area contributed by atoms with Gasteiger partial charge in [-0.05, 0) is 73.6 Å². The minimum absolute atomic E-state index is 0.0932. The molecule has 2 aliphatic heterocycles. The number of rotatable bonds is 5. The quantitative estimate of drug-likeness (QED) is 0.555. The van der Waals surface area contributed by atoms with Crippen molar-refractivity contribution in [3.63, 3.8) is 0 Å². The van der Waals surface area contributed by atoms with Crippen LogP contribution in [0.5, 0.6) is 0 Å². The third kappa shape index (κ3) is 3.83. The molecule has 3 aromatic rings. The molecule has 0 amide bonds. The second-order valence-corrected chi connectivity index (χ2v) is 8.45. The van der Waals surface area contributed by atoms with E-state index in [-0.39, 0.29) is 18.2 Å². The summed E-state index contributed by atoms with van der Waals surface area (Å²) in [5.74, 6) is 1.65. The van der Waals surface area contributed by atoms with Crippen LogP contribution in [0.15, 0.2) is 65.2 Å². The Morgan fingerprint density at radius 3 is 2.73 bits per heavy atom. The molecule has 4 heterocycles. The van der Waals surface area contributed by atoms with Gasteiger partial charge in [0.1, 0.15) is 17.6 Å². The highest BCUT2D eigenvalue weighted by molar-refractivity contribution is 7.80. The van der Waals surface area contributed by atoms with E-state index in [2.05, 4.69) is 15.2 Å². The van der Waals surface area contributed by atoms with Crippen molar-refractivity contribution < 1.29 is 9.15 Å². The second-order valence-electron chi connectivity index (χ2n) is 7.62. The third-order valence-electron chi connectivity index (χ3n) is 5.67. The Bertz CT molecular complexity index is 1020. The number of hydrogen-bond acceptors (Lipinski definition) is 4. The van der Waals surface area contributed by atoms with Gasteiger partial charge in [-0.1, -0.05) is 17.7 Å². The van der Waals surface area contributed by atoms with Crippen molar-refractivity contribution >= 4 is 28.9 Å². The van der Waals surface area contributed by atoms with Crippen molar-refractivity contribution in [2.24, 2.45) is 0 Å². The summed E-state index contributed by atoms with van der Waals surface area (Å²) in [6, 6.07) is 17.4. The highest BCUT2D eigenvalue weighted by Crippen LogP contribution is 2.41. The molecule has 5 nitrogen and oxygen atoms in total. The van der Waals surface area contributed by atoms with Crippen LogP contribution in [-0.2, 0) is 4.74 Å². The molecule has 2 aliphatic rings. The fourth-order valence-electron chi connectivity index (χ4n) is 4.20. The van der Waals surface area contributed by atoms with E-state index in [1.807, 2.05) is 54.6 Å². The van der Waals surface area contributed by atoms with E-state index in [0.717, 1.165) is 48.8 Å². The summed E-state index contributed by atoms with van der Waals surface area (Å²) in [6.45, 7) is 1.55. The van der Waals surface area contributed by atoms with Crippen molar-refractivity contribution in [1.29, 1.82) is 0 Å². The largest absolute Gasteiger partial charge is 0.459 e. The Labute approximate surface area is 186 Å². The van der Waals surface area contributed by atoms with Crippen LogP contribution >= 0.6 is 23.8 Å². The predicted molar refractivity (Wildman–Crippen MR) is 120 cm³/mol. The van der Waals surface area contributed by atoms with Crippen molar-refractivity contribution in [3.8, 4) is 11.3 Å². The molecule has 2 aromatic heterocycles. The number of thiocarbonyl (C=S) groups is 1. The molecule has 0 unspecified atom stereocenters. The summed E-state index contributed by atoms with van der Waals surface area (Å²) >= 11 is 11.8. The monoisotopic (exact) mass is 439 g/mol. The number of ether oxygens (including phenoxy) is 1. The van der Waals surface area contributed by atoms with Gasteiger partial charge >= 0.3 is 0 Å². The standard InChI is InChI=1S/C23H22ClN3O2S/c24-16-8-6-15(7-9-16)19-10-11-20(29-19)22-21(18-5-1-2-12-25-18)26-23(30)27(22)14-17-4-3-13-28-17/h1-2,5-12,17,21-22H,3-4,13-14H2,(H,26,30)/t17-,21+,22-/m0/s1. The van der Waals surface area contributed by atoms with Gasteiger partial charge in [0, 0.05) is 29.9 Å². The summed E-state index contributed by atoms with van der Waals surface area (Å²) in [6.07, 6.45) is 4.13. The zero-order valence-corrected chi connectivity index (χ0v) is 17.9. The smallest absolute Gasteiger partial charge is 0.170 e. The molecule has 7 heteroatoms. The molecule has 3 atom stereocenters. The fourth-order valence-corrected chi connectivity index (χ4v) is 4.64. The van der Waals surface area contributed by atoms with E-state index in [0.29, 0.717) is 10.1 Å². The molecule has 154 valence electrons. The van der Waals surface area contributed by atoms with Crippen molar-refractivity contribution in [1.82, 2.24) is 15.2 Å². The Balaban J connectivity index is 1.50. The molecule has 2 fully saturated rings. The number of nitrogens with zero attached hydrogens (tertiary/aromatic N) is 2. The molecule has 5 rings (SSSR count). The molecule has 2 saturated heterocycles. The molecule has 1 N–H and O–H groups in total. The molecule has 0 bridgehead atoms. The summed E-state index contributed by atoms with van der Waals surface area (Å²) in [5.41, 5.74) is 1.92. The third-order valence-corrected chi connectivity index (χ3v) is 6.27. The number of benzene rings is 1. The zero-order chi connectivity index (χ0) is 20.5. The predicted octanol–water partition coefficient (Wildman–Crippen LogP) is 5.15. The first-order valence-electron chi connectivity index (χ1n) is 10.1. The van der Waals surface area contributed by atoms with E-state index in [1.54, 1.807) is 6.20 Å². The molecule has 0 aliphatic carbocycles. The number of halogens is 1. The molecule has 0 radical (unpaired) electrons. The van der Waals surface area contributed by atoms with Gasteiger partial charge in [-0.15, -0.1) is 0 Å². The van der Waals surface area contributed by atoms with Crippen LogP contribution in [0.4, 0.5) is 0 Å². The number of hydrogen-bond donors (Lipinski definition) is 1. The highest BCUT2D eigenvalue weighted by atomic mass is 35.5. The highest BCUT2D eigenvalue weighted by Gasteiger charge is 2.42. The lowest BCUT2D eigenvalue weighted by atomic mass is 10.0. The first-order valence-corrected chi connectivity index (χ1v) is 10.9. The lowest BCUT2D eigenvalue weighted by Gasteiger charge is -2.28. The Morgan fingerprint density at radius 2 is 2.00 bits per heavy atom. The van der Waals surface area contributed by atoms with E-state index >= 15 is 0 Å². The number of nitrogens with one attached hydrogen (secondary N) is 1. The lowest BCUT2D eigenvalue weighted by molar-refractivity contribution is 0.0818.